The molecule has 1 aliphatic carbocycles. The highest BCUT2D eigenvalue weighted by molar-refractivity contribution is 7.99. The van der Waals surface area contributed by atoms with Crippen molar-refractivity contribution in [2.24, 2.45) is 0 Å². The summed E-state index contributed by atoms with van der Waals surface area (Å²) in [5.41, 5.74) is 1.08. The van der Waals surface area contributed by atoms with E-state index in [0.717, 1.165) is 12.8 Å². The number of hydrogen-bond acceptors (Lipinski definition) is 4. The lowest BCUT2D eigenvalue weighted by molar-refractivity contribution is -0.148. The number of esters is 1. The molecule has 4 heteroatoms. The van der Waals surface area contributed by atoms with Crippen molar-refractivity contribution < 1.29 is 9.53 Å². The van der Waals surface area contributed by atoms with Gasteiger partial charge in [-0.1, -0.05) is 13.3 Å². The minimum Gasteiger partial charge on any atom is -0.450 e. The van der Waals surface area contributed by atoms with Gasteiger partial charge in [0.25, 0.3) is 0 Å². The van der Waals surface area contributed by atoms with E-state index in [0.29, 0.717) is 17.3 Å². The number of carbonyl (C=O) groups excluding carboxylic acids is 1. The minimum absolute atomic E-state index is 0.0904. The number of thioether (sulfide) groups is 1. The van der Waals surface area contributed by atoms with Crippen LogP contribution in [-0.2, 0) is 9.53 Å². The highest BCUT2D eigenvalue weighted by Gasteiger charge is 2.63. The van der Waals surface area contributed by atoms with Gasteiger partial charge >= 0.3 is 5.97 Å². The van der Waals surface area contributed by atoms with Crippen molar-refractivity contribution in [1.82, 2.24) is 4.90 Å². The minimum atomic E-state index is -0.231. The molecule has 3 fully saturated rings. The molecule has 2 saturated heterocycles. The number of fused-ring (bicyclic) bond motifs is 3. The van der Waals surface area contributed by atoms with E-state index in [4.69, 9.17) is 4.74 Å². The van der Waals surface area contributed by atoms with E-state index >= 15 is 0 Å². The van der Waals surface area contributed by atoms with Crippen molar-refractivity contribution in [3.63, 3.8) is 0 Å². The Bertz CT molecular complexity index is 463. The highest BCUT2D eigenvalue weighted by atomic mass is 32.2. The molecule has 0 aromatic carbocycles. The third-order valence-electron chi connectivity index (χ3n) is 5.53. The Morgan fingerprint density at radius 2 is 2.40 bits per heavy atom. The molecule has 110 valence electrons. The van der Waals surface area contributed by atoms with Crippen LogP contribution < -0.4 is 0 Å². The molecule has 2 bridgehead atoms. The number of piperidine rings is 1. The van der Waals surface area contributed by atoms with Gasteiger partial charge in [0.15, 0.2) is 5.60 Å². The average molecular weight is 293 g/mol. The van der Waals surface area contributed by atoms with Crippen LogP contribution in [0.3, 0.4) is 0 Å². The molecule has 4 aliphatic rings. The molecular weight excluding hydrogens is 270 g/mol. The van der Waals surface area contributed by atoms with Crippen LogP contribution in [0.15, 0.2) is 11.6 Å². The van der Waals surface area contributed by atoms with Crippen molar-refractivity contribution >= 4 is 17.7 Å². The van der Waals surface area contributed by atoms with Crippen LogP contribution in [0.2, 0.25) is 0 Å². The van der Waals surface area contributed by atoms with Crippen molar-refractivity contribution in [1.29, 1.82) is 0 Å². The van der Waals surface area contributed by atoms with E-state index in [2.05, 4.69) is 23.6 Å². The lowest BCUT2D eigenvalue weighted by Crippen LogP contribution is -2.48. The number of ether oxygens (including phenoxy) is 1. The van der Waals surface area contributed by atoms with Crippen LogP contribution in [0, 0.1) is 0 Å². The second-order valence-corrected chi connectivity index (χ2v) is 7.96. The fraction of sp³-hybridized carbons (Fsp3) is 0.812. The summed E-state index contributed by atoms with van der Waals surface area (Å²) in [5.74, 6) is 1.14. The molecule has 3 aliphatic heterocycles. The number of hydrogen-bond donors (Lipinski definition) is 0. The normalized spacial score (nSPS) is 43.0. The lowest BCUT2D eigenvalue weighted by Gasteiger charge is -2.38. The predicted molar refractivity (Wildman–Crippen MR) is 80.8 cm³/mol. The van der Waals surface area contributed by atoms with Gasteiger partial charge in [-0.2, -0.15) is 11.8 Å². The standard InChI is InChI=1S/C16H23NO2S/c1-2-7-20-13-8-11-9-15(18)19-16(11)10-12(13)17-6-4-3-5-14(16)17/h9,12-14H,2-8,10H2,1H3/t12-,13?,14?,16-/m0/s1. The molecule has 3 heterocycles. The van der Waals surface area contributed by atoms with Crippen LogP contribution in [0.1, 0.15) is 45.4 Å². The van der Waals surface area contributed by atoms with Gasteiger partial charge < -0.3 is 4.74 Å². The molecule has 20 heavy (non-hydrogen) atoms. The summed E-state index contributed by atoms with van der Waals surface area (Å²) < 4.78 is 5.88. The van der Waals surface area contributed by atoms with Gasteiger partial charge in [-0.25, -0.2) is 4.79 Å². The summed E-state index contributed by atoms with van der Waals surface area (Å²) in [7, 11) is 0. The number of nitrogens with zero attached hydrogens (tertiary/aromatic N) is 1. The second kappa shape index (κ2) is 4.77. The molecule has 3 nitrogen and oxygen atoms in total. The van der Waals surface area contributed by atoms with Gasteiger partial charge in [-0.3, -0.25) is 4.90 Å². The van der Waals surface area contributed by atoms with Crippen molar-refractivity contribution in [3.8, 4) is 0 Å². The highest BCUT2D eigenvalue weighted by Crippen LogP contribution is 2.55. The number of rotatable bonds is 3. The molecule has 0 amide bonds. The van der Waals surface area contributed by atoms with Gasteiger partial charge in [-0.05, 0) is 43.6 Å². The van der Waals surface area contributed by atoms with Crippen molar-refractivity contribution in [3.05, 3.63) is 11.6 Å². The first-order valence-corrected chi connectivity index (χ1v) is 9.11. The second-order valence-electron chi connectivity index (χ2n) is 6.61. The molecule has 1 spiro atoms. The van der Waals surface area contributed by atoms with Gasteiger partial charge in [-0.15, -0.1) is 0 Å². The third kappa shape index (κ3) is 1.73. The zero-order valence-corrected chi connectivity index (χ0v) is 13.0. The molecule has 4 rings (SSSR count). The van der Waals surface area contributed by atoms with Crippen LogP contribution in [0.5, 0.6) is 0 Å². The number of carbonyl (C=O) groups is 1. The quantitative estimate of drug-likeness (QED) is 0.748. The van der Waals surface area contributed by atoms with Crippen LogP contribution in [0.25, 0.3) is 0 Å². The molecule has 0 N–H and O–H groups in total. The van der Waals surface area contributed by atoms with Crippen LogP contribution in [0.4, 0.5) is 0 Å². The summed E-state index contributed by atoms with van der Waals surface area (Å²) in [6.07, 6.45) is 8.95. The average Bonchev–Trinajstić information content (AvgIpc) is 2.93. The summed E-state index contributed by atoms with van der Waals surface area (Å²) in [6.45, 7) is 3.45. The zero-order chi connectivity index (χ0) is 13.7. The smallest absolute Gasteiger partial charge is 0.331 e. The first kappa shape index (κ1) is 13.2. The van der Waals surface area contributed by atoms with Crippen molar-refractivity contribution in [2.45, 2.75) is 68.4 Å². The maximum atomic E-state index is 11.9. The lowest BCUT2D eigenvalue weighted by atomic mass is 9.77. The van der Waals surface area contributed by atoms with Gasteiger partial charge in [0, 0.05) is 23.8 Å². The Kier molecular flexibility index (Phi) is 3.15. The van der Waals surface area contributed by atoms with E-state index in [1.807, 2.05) is 6.08 Å². The Labute approximate surface area is 125 Å². The molecule has 2 unspecified atom stereocenters. The Balaban J connectivity index is 1.68. The monoisotopic (exact) mass is 293 g/mol. The molecular formula is C16H23NO2S. The van der Waals surface area contributed by atoms with Crippen molar-refractivity contribution in [2.75, 3.05) is 12.3 Å². The van der Waals surface area contributed by atoms with E-state index in [-0.39, 0.29) is 11.6 Å². The summed E-state index contributed by atoms with van der Waals surface area (Å²) >= 11 is 2.11. The SMILES string of the molecule is CCCSC1CC2=CC(=O)O[C@@]23C[C@@H]1N1CCCCC13. The van der Waals surface area contributed by atoms with Gasteiger partial charge in [0.2, 0.25) is 0 Å². The fourth-order valence-corrected chi connectivity index (χ4v) is 6.09. The van der Waals surface area contributed by atoms with E-state index in [9.17, 15) is 4.79 Å². The summed E-state index contributed by atoms with van der Waals surface area (Å²) in [4.78, 5) is 14.6. The Hall–Kier alpha value is -0.480. The Morgan fingerprint density at radius 3 is 3.25 bits per heavy atom. The fourth-order valence-electron chi connectivity index (χ4n) is 4.78. The first-order chi connectivity index (χ1) is 9.74. The molecule has 0 radical (unpaired) electrons. The Morgan fingerprint density at radius 1 is 1.50 bits per heavy atom. The topological polar surface area (TPSA) is 29.5 Å². The van der Waals surface area contributed by atoms with E-state index < -0.39 is 0 Å². The molecule has 0 aromatic heterocycles. The van der Waals surface area contributed by atoms with E-state index in [1.165, 1.54) is 43.6 Å². The van der Waals surface area contributed by atoms with Crippen LogP contribution >= 0.6 is 11.8 Å². The van der Waals surface area contributed by atoms with Gasteiger partial charge in [0.1, 0.15) is 0 Å². The molecule has 1 saturated carbocycles. The van der Waals surface area contributed by atoms with E-state index in [1.54, 1.807) is 0 Å². The largest absolute Gasteiger partial charge is 0.450 e. The maximum absolute atomic E-state index is 11.9. The van der Waals surface area contributed by atoms with Gasteiger partial charge in [0.05, 0.1) is 6.04 Å². The summed E-state index contributed by atoms with van der Waals surface area (Å²) in [6, 6.07) is 1.09. The third-order valence-corrected chi connectivity index (χ3v) is 7.08. The molecule has 0 aromatic rings. The zero-order valence-electron chi connectivity index (χ0n) is 12.1. The molecule has 4 atom stereocenters. The first-order valence-electron chi connectivity index (χ1n) is 8.06. The summed E-state index contributed by atoms with van der Waals surface area (Å²) in [5, 5.41) is 0.659. The predicted octanol–water partition coefficient (Wildman–Crippen LogP) is 2.75. The van der Waals surface area contributed by atoms with Crippen LogP contribution in [-0.4, -0.2) is 46.1 Å². The maximum Gasteiger partial charge on any atom is 0.331 e.